The zero-order chi connectivity index (χ0) is 25.2. The van der Waals surface area contributed by atoms with Crippen LogP contribution in [0.4, 0.5) is 0 Å². The Kier molecular flexibility index (Phi) is 9.61. The second kappa shape index (κ2) is 13.3. The maximum atomic E-state index is 12.1. The molecule has 2 N–H and O–H groups in total. The number of ether oxygens (including phenoxy) is 4. The topological polar surface area (TPSA) is 86.3 Å². The van der Waals surface area contributed by atoms with Crippen molar-refractivity contribution >= 4 is 5.91 Å². The number of nitrogens with one attached hydrogen (secondary N) is 1. The van der Waals surface area contributed by atoms with Crippen LogP contribution in [0.5, 0.6) is 0 Å². The number of hydrogen-bond acceptors (Lipinski definition) is 6. The van der Waals surface area contributed by atoms with Crippen molar-refractivity contribution in [1.82, 2.24) is 5.32 Å². The molecule has 190 valence electrons. The van der Waals surface area contributed by atoms with Crippen molar-refractivity contribution < 1.29 is 28.8 Å². The Bertz CT molecular complexity index is 1050. The number of carbonyl (C=O) groups is 1. The molecule has 4 rings (SSSR count). The summed E-state index contributed by atoms with van der Waals surface area (Å²) in [5.74, 6) is -0.267. The molecule has 1 heterocycles. The first kappa shape index (κ1) is 26.0. The van der Waals surface area contributed by atoms with Crippen LogP contribution in [-0.4, -0.2) is 48.3 Å². The number of aliphatic hydroxyl groups is 1. The third-order valence-corrected chi connectivity index (χ3v) is 5.98. The fourth-order valence-electron chi connectivity index (χ4n) is 4.17. The zero-order valence-corrected chi connectivity index (χ0v) is 20.4. The molecule has 0 saturated carbocycles. The molecule has 1 aliphatic rings. The van der Waals surface area contributed by atoms with Crippen LogP contribution in [-0.2, 0) is 43.6 Å². The Morgan fingerprint density at radius 1 is 0.806 bits per heavy atom. The van der Waals surface area contributed by atoms with Crippen molar-refractivity contribution in [2.45, 2.75) is 57.4 Å². The van der Waals surface area contributed by atoms with Gasteiger partial charge in [0.25, 0.3) is 0 Å². The number of aliphatic hydroxyl groups excluding tert-OH is 1. The number of amides is 1. The maximum Gasteiger partial charge on any atom is 0.217 e. The van der Waals surface area contributed by atoms with Crippen LogP contribution in [0.15, 0.2) is 91.0 Å². The lowest BCUT2D eigenvalue weighted by Crippen LogP contribution is -2.65. The van der Waals surface area contributed by atoms with Gasteiger partial charge in [-0.05, 0) is 16.7 Å². The molecular weight excluding hydrogens is 458 g/mol. The standard InChI is InChI=1S/C29H33NO6/c1-21(31)30-26-28(34-18-23-13-7-3-8-14-23)27(32)25(20-33-17-22-11-5-2-6-12-22)36-29(26)35-19-24-15-9-4-10-16-24/h2-16,25-29,32H,17-20H2,1H3,(H,30,31)/t25-,26+,27-,28-,29-/m1/s1. The molecule has 0 aliphatic carbocycles. The number of hydrogen-bond donors (Lipinski definition) is 2. The summed E-state index contributed by atoms with van der Waals surface area (Å²) >= 11 is 0. The smallest absolute Gasteiger partial charge is 0.217 e. The summed E-state index contributed by atoms with van der Waals surface area (Å²) in [7, 11) is 0. The average Bonchev–Trinajstić information content (AvgIpc) is 2.90. The summed E-state index contributed by atoms with van der Waals surface area (Å²) in [4.78, 5) is 12.1. The minimum Gasteiger partial charge on any atom is -0.388 e. The van der Waals surface area contributed by atoms with Gasteiger partial charge in [-0.2, -0.15) is 0 Å². The first-order valence-corrected chi connectivity index (χ1v) is 12.1. The molecule has 1 saturated heterocycles. The van der Waals surface area contributed by atoms with E-state index in [0.717, 1.165) is 16.7 Å². The largest absolute Gasteiger partial charge is 0.388 e. The van der Waals surface area contributed by atoms with Crippen LogP contribution in [0.2, 0.25) is 0 Å². The molecule has 1 aliphatic heterocycles. The first-order chi connectivity index (χ1) is 17.6. The molecule has 0 aromatic heterocycles. The van der Waals surface area contributed by atoms with Gasteiger partial charge in [0, 0.05) is 6.92 Å². The van der Waals surface area contributed by atoms with Gasteiger partial charge in [0.15, 0.2) is 6.29 Å². The summed E-state index contributed by atoms with van der Waals surface area (Å²) in [6, 6.07) is 28.5. The quantitative estimate of drug-likeness (QED) is 0.426. The minimum atomic E-state index is -1.04. The lowest BCUT2D eigenvalue weighted by molar-refractivity contribution is -0.284. The van der Waals surface area contributed by atoms with Crippen LogP contribution in [0.1, 0.15) is 23.6 Å². The van der Waals surface area contributed by atoms with Crippen molar-refractivity contribution in [3.05, 3.63) is 108 Å². The minimum absolute atomic E-state index is 0.138. The molecule has 36 heavy (non-hydrogen) atoms. The summed E-state index contributed by atoms with van der Waals surface area (Å²) in [6.45, 7) is 2.49. The molecular formula is C29H33NO6. The molecule has 3 aromatic carbocycles. The zero-order valence-electron chi connectivity index (χ0n) is 20.4. The third kappa shape index (κ3) is 7.46. The Labute approximate surface area is 212 Å². The van der Waals surface area contributed by atoms with Gasteiger partial charge < -0.3 is 29.4 Å². The molecule has 0 bridgehead atoms. The van der Waals surface area contributed by atoms with E-state index in [4.69, 9.17) is 18.9 Å². The predicted octanol–water partition coefficient (Wildman–Crippen LogP) is 3.60. The van der Waals surface area contributed by atoms with Crippen molar-refractivity contribution in [3.63, 3.8) is 0 Å². The molecule has 0 spiro atoms. The van der Waals surface area contributed by atoms with E-state index in [1.807, 2.05) is 91.0 Å². The third-order valence-electron chi connectivity index (χ3n) is 5.98. The van der Waals surface area contributed by atoms with Gasteiger partial charge in [-0.3, -0.25) is 4.79 Å². The molecule has 0 unspecified atom stereocenters. The van der Waals surface area contributed by atoms with Crippen LogP contribution >= 0.6 is 0 Å². The van der Waals surface area contributed by atoms with Gasteiger partial charge in [0.1, 0.15) is 24.4 Å². The van der Waals surface area contributed by atoms with Crippen LogP contribution < -0.4 is 5.32 Å². The highest BCUT2D eigenvalue weighted by molar-refractivity contribution is 5.73. The van der Waals surface area contributed by atoms with Crippen molar-refractivity contribution in [1.29, 1.82) is 0 Å². The monoisotopic (exact) mass is 491 g/mol. The highest BCUT2D eigenvalue weighted by atomic mass is 16.7. The van der Waals surface area contributed by atoms with E-state index < -0.39 is 30.6 Å². The van der Waals surface area contributed by atoms with Gasteiger partial charge in [-0.15, -0.1) is 0 Å². The average molecular weight is 492 g/mol. The van der Waals surface area contributed by atoms with E-state index in [1.165, 1.54) is 6.92 Å². The number of carbonyl (C=O) groups excluding carboxylic acids is 1. The van der Waals surface area contributed by atoms with Crippen LogP contribution in [0, 0.1) is 0 Å². The van der Waals surface area contributed by atoms with Gasteiger partial charge >= 0.3 is 0 Å². The first-order valence-electron chi connectivity index (χ1n) is 12.1. The van der Waals surface area contributed by atoms with Crippen molar-refractivity contribution in [2.75, 3.05) is 6.61 Å². The lowest BCUT2D eigenvalue weighted by Gasteiger charge is -2.44. The maximum absolute atomic E-state index is 12.1. The molecule has 5 atom stereocenters. The highest BCUT2D eigenvalue weighted by Gasteiger charge is 2.47. The normalized spacial score (nSPS) is 23.8. The second-order valence-electron chi connectivity index (χ2n) is 8.82. The van der Waals surface area contributed by atoms with E-state index in [2.05, 4.69) is 5.32 Å². The van der Waals surface area contributed by atoms with Crippen molar-refractivity contribution in [3.8, 4) is 0 Å². The van der Waals surface area contributed by atoms with Gasteiger partial charge in [0.05, 0.1) is 26.4 Å². The molecule has 7 nitrogen and oxygen atoms in total. The summed E-state index contributed by atoms with van der Waals surface area (Å²) < 4.78 is 24.4. The Morgan fingerprint density at radius 2 is 1.31 bits per heavy atom. The predicted molar refractivity (Wildman–Crippen MR) is 135 cm³/mol. The highest BCUT2D eigenvalue weighted by Crippen LogP contribution is 2.27. The fourth-order valence-corrected chi connectivity index (χ4v) is 4.17. The SMILES string of the molecule is CC(=O)N[C@@H]1[C@H](OCc2ccccc2)O[C@H](COCc2ccccc2)[C@@H](O)[C@@H]1OCc1ccccc1. The van der Waals surface area contributed by atoms with Gasteiger partial charge in [-0.25, -0.2) is 0 Å². The van der Waals surface area contributed by atoms with Crippen LogP contribution in [0.25, 0.3) is 0 Å². The van der Waals surface area contributed by atoms with Crippen molar-refractivity contribution in [2.24, 2.45) is 0 Å². The molecule has 1 amide bonds. The summed E-state index contributed by atoms with van der Waals surface area (Å²) in [5, 5.41) is 14.1. The van der Waals surface area contributed by atoms with E-state index >= 15 is 0 Å². The van der Waals surface area contributed by atoms with E-state index in [1.54, 1.807) is 0 Å². The van der Waals surface area contributed by atoms with E-state index in [-0.39, 0.29) is 25.7 Å². The Balaban J connectivity index is 1.49. The Morgan fingerprint density at radius 3 is 1.83 bits per heavy atom. The molecule has 0 radical (unpaired) electrons. The van der Waals surface area contributed by atoms with Gasteiger partial charge in [-0.1, -0.05) is 91.0 Å². The van der Waals surface area contributed by atoms with Crippen LogP contribution in [0.3, 0.4) is 0 Å². The summed E-state index contributed by atoms with van der Waals surface area (Å²) in [6.07, 6.45) is -3.37. The Hall–Kier alpha value is -3.07. The van der Waals surface area contributed by atoms with E-state index in [0.29, 0.717) is 6.61 Å². The fraction of sp³-hybridized carbons (Fsp3) is 0.345. The second-order valence-corrected chi connectivity index (χ2v) is 8.82. The number of rotatable bonds is 11. The van der Waals surface area contributed by atoms with Gasteiger partial charge in [0.2, 0.25) is 5.91 Å². The molecule has 3 aromatic rings. The molecule has 1 fully saturated rings. The lowest BCUT2D eigenvalue weighted by atomic mass is 9.96. The number of benzene rings is 3. The molecule has 7 heteroatoms. The summed E-state index contributed by atoms with van der Waals surface area (Å²) in [5.41, 5.74) is 2.94. The van der Waals surface area contributed by atoms with E-state index in [9.17, 15) is 9.90 Å².